The third-order valence-corrected chi connectivity index (χ3v) is 3.51. The molecule has 0 unspecified atom stereocenters. The van der Waals surface area contributed by atoms with Gasteiger partial charge in [-0.05, 0) is 31.9 Å². The maximum Gasteiger partial charge on any atom is 0.322 e. The Balaban J connectivity index is 2.03. The second-order valence-corrected chi connectivity index (χ2v) is 5.49. The molecule has 0 saturated carbocycles. The summed E-state index contributed by atoms with van der Waals surface area (Å²) >= 11 is 5.95. The number of piperazine rings is 1. The van der Waals surface area contributed by atoms with Gasteiger partial charge in [0, 0.05) is 32.2 Å². The first-order valence-electron chi connectivity index (χ1n) is 7.13. The Labute approximate surface area is 125 Å². The molecule has 0 radical (unpaired) electrons. The van der Waals surface area contributed by atoms with Crippen molar-refractivity contribution in [3.05, 3.63) is 5.28 Å². The number of hydrogen-bond donors (Lipinski definition) is 0. The molecular weight excluding hydrogens is 278 g/mol. The smallest absolute Gasteiger partial charge is 0.322 e. The first-order valence-corrected chi connectivity index (χ1v) is 7.51. The highest BCUT2D eigenvalue weighted by Gasteiger charge is 2.21. The highest BCUT2D eigenvalue weighted by molar-refractivity contribution is 6.28. The van der Waals surface area contributed by atoms with Gasteiger partial charge in [-0.3, -0.25) is 4.90 Å². The molecule has 1 aromatic heterocycles. The molecule has 0 spiro atoms. The summed E-state index contributed by atoms with van der Waals surface area (Å²) < 4.78 is 5.44. The van der Waals surface area contributed by atoms with E-state index in [1.165, 1.54) is 0 Å². The molecule has 0 bridgehead atoms. The number of ether oxygens (including phenoxy) is 1. The van der Waals surface area contributed by atoms with Crippen molar-refractivity contribution < 1.29 is 4.74 Å². The predicted molar refractivity (Wildman–Crippen MR) is 79.5 cm³/mol. The zero-order valence-corrected chi connectivity index (χ0v) is 13.1. The van der Waals surface area contributed by atoms with E-state index in [2.05, 4.69) is 38.6 Å². The van der Waals surface area contributed by atoms with Gasteiger partial charge in [0.25, 0.3) is 0 Å². The van der Waals surface area contributed by atoms with Crippen LogP contribution in [0.15, 0.2) is 0 Å². The molecule has 0 aliphatic carbocycles. The van der Waals surface area contributed by atoms with Crippen LogP contribution in [0.5, 0.6) is 6.01 Å². The minimum Gasteiger partial charge on any atom is -0.463 e. The molecule has 1 fully saturated rings. The van der Waals surface area contributed by atoms with Crippen molar-refractivity contribution in [2.24, 2.45) is 0 Å². The Morgan fingerprint density at radius 2 is 1.85 bits per heavy atom. The minimum absolute atomic E-state index is 0.187. The van der Waals surface area contributed by atoms with E-state index in [1.54, 1.807) is 0 Å². The summed E-state index contributed by atoms with van der Waals surface area (Å²) in [4.78, 5) is 17.1. The first-order chi connectivity index (χ1) is 9.60. The van der Waals surface area contributed by atoms with E-state index in [9.17, 15) is 0 Å². The molecule has 0 amide bonds. The van der Waals surface area contributed by atoms with E-state index in [1.807, 2.05) is 6.92 Å². The second-order valence-electron chi connectivity index (χ2n) is 5.15. The molecule has 7 heteroatoms. The van der Waals surface area contributed by atoms with Crippen molar-refractivity contribution in [2.75, 3.05) is 37.7 Å². The van der Waals surface area contributed by atoms with Crippen molar-refractivity contribution in [1.82, 2.24) is 19.9 Å². The summed E-state index contributed by atoms with van der Waals surface area (Å²) in [6.45, 7) is 10.9. The number of halogens is 1. The van der Waals surface area contributed by atoms with Crippen LogP contribution in [0.4, 0.5) is 5.95 Å². The number of aromatic nitrogens is 3. The van der Waals surface area contributed by atoms with E-state index in [-0.39, 0.29) is 5.28 Å². The van der Waals surface area contributed by atoms with Gasteiger partial charge in [0.15, 0.2) is 0 Å². The van der Waals surface area contributed by atoms with Crippen molar-refractivity contribution in [3.8, 4) is 6.01 Å². The zero-order chi connectivity index (χ0) is 14.5. The molecule has 0 N–H and O–H groups in total. The molecule has 2 rings (SSSR count). The summed E-state index contributed by atoms with van der Waals surface area (Å²) in [5.74, 6) is 0.611. The summed E-state index contributed by atoms with van der Waals surface area (Å²) in [5, 5.41) is 0.187. The van der Waals surface area contributed by atoms with Crippen LogP contribution in [-0.2, 0) is 0 Å². The van der Waals surface area contributed by atoms with Crippen LogP contribution in [0.2, 0.25) is 5.28 Å². The lowest BCUT2D eigenvalue weighted by atomic mass is 10.2. The largest absolute Gasteiger partial charge is 0.463 e. The number of hydrogen-bond acceptors (Lipinski definition) is 6. The van der Waals surface area contributed by atoms with Gasteiger partial charge in [-0.2, -0.15) is 15.0 Å². The first kappa shape index (κ1) is 15.3. The van der Waals surface area contributed by atoms with Gasteiger partial charge in [-0.15, -0.1) is 0 Å². The predicted octanol–water partition coefficient (Wildman–Crippen LogP) is 1.84. The minimum atomic E-state index is 0.187. The molecule has 6 nitrogen and oxygen atoms in total. The zero-order valence-electron chi connectivity index (χ0n) is 12.3. The SMILES string of the molecule is CCCOc1nc(Cl)nc(N2CCN(C(C)C)CC2)n1. The van der Waals surface area contributed by atoms with Crippen LogP contribution in [0.25, 0.3) is 0 Å². The fourth-order valence-corrected chi connectivity index (χ4v) is 2.31. The Hall–Kier alpha value is -1.14. The lowest BCUT2D eigenvalue weighted by Crippen LogP contribution is -2.49. The fourth-order valence-electron chi connectivity index (χ4n) is 2.16. The Morgan fingerprint density at radius 3 is 2.45 bits per heavy atom. The Kier molecular flexibility index (Phi) is 5.37. The molecule has 2 heterocycles. The van der Waals surface area contributed by atoms with Gasteiger partial charge < -0.3 is 9.64 Å². The Morgan fingerprint density at radius 1 is 1.15 bits per heavy atom. The van der Waals surface area contributed by atoms with Crippen molar-refractivity contribution >= 4 is 17.5 Å². The normalized spacial score (nSPS) is 16.8. The molecule has 1 aromatic rings. The number of rotatable bonds is 5. The monoisotopic (exact) mass is 299 g/mol. The van der Waals surface area contributed by atoms with E-state index < -0.39 is 0 Å². The van der Waals surface area contributed by atoms with Gasteiger partial charge in [0.1, 0.15) is 0 Å². The molecule has 20 heavy (non-hydrogen) atoms. The summed E-state index contributed by atoms with van der Waals surface area (Å²) in [5.41, 5.74) is 0. The molecule has 1 saturated heterocycles. The van der Waals surface area contributed by atoms with E-state index in [0.29, 0.717) is 24.6 Å². The molecule has 112 valence electrons. The number of nitrogens with zero attached hydrogens (tertiary/aromatic N) is 5. The van der Waals surface area contributed by atoms with Crippen molar-refractivity contribution in [1.29, 1.82) is 0 Å². The van der Waals surface area contributed by atoms with Crippen LogP contribution in [0.1, 0.15) is 27.2 Å². The van der Waals surface area contributed by atoms with Crippen LogP contribution < -0.4 is 9.64 Å². The van der Waals surface area contributed by atoms with Crippen molar-refractivity contribution in [2.45, 2.75) is 33.2 Å². The van der Waals surface area contributed by atoms with Crippen molar-refractivity contribution in [3.63, 3.8) is 0 Å². The number of anilines is 1. The molecule has 0 atom stereocenters. The third-order valence-electron chi connectivity index (χ3n) is 3.34. The fraction of sp³-hybridized carbons (Fsp3) is 0.769. The standard InChI is InChI=1S/C13H22ClN5O/c1-4-9-20-13-16-11(14)15-12(17-13)19-7-5-18(6-8-19)10(2)3/h10H,4-9H2,1-3H3. The highest BCUT2D eigenvalue weighted by Crippen LogP contribution is 2.17. The van der Waals surface area contributed by atoms with Gasteiger partial charge >= 0.3 is 6.01 Å². The molecule has 1 aliphatic heterocycles. The lowest BCUT2D eigenvalue weighted by Gasteiger charge is -2.36. The summed E-state index contributed by atoms with van der Waals surface area (Å²) in [7, 11) is 0. The lowest BCUT2D eigenvalue weighted by molar-refractivity contribution is 0.208. The second kappa shape index (κ2) is 7.04. The average Bonchev–Trinajstić information content (AvgIpc) is 2.44. The van der Waals surface area contributed by atoms with E-state index >= 15 is 0 Å². The maximum atomic E-state index is 5.95. The van der Waals surface area contributed by atoms with Crippen LogP contribution in [0, 0.1) is 0 Å². The van der Waals surface area contributed by atoms with Gasteiger partial charge in [0.2, 0.25) is 11.2 Å². The summed E-state index contributed by atoms with van der Waals surface area (Å²) in [6.07, 6.45) is 0.908. The van der Waals surface area contributed by atoms with Crippen LogP contribution in [0.3, 0.4) is 0 Å². The summed E-state index contributed by atoms with van der Waals surface area (Å²) in [6, 6.07) is 0.885. The Bertz CT molecular complexity index is 435. The van der Waals surface area contributed by atoms with E-state index in [4.69, 9.17) is 16.3 Å². The van der Waals surface area contributed by atoms with Crippen LogP contribution in [-0.4, -0.2) is 58.7 Å². The van der Waals surface area contributed by atoms with Gasteiger partial charge in [-0.25, -0.2) is 0 Å². The molecule has 1 aliphatic rings. The quantitative estimate of drug-likeness (QED) is 0.827. The van der Waals surface area contributed by atoms with Crippen LogP contribution >= 0.6 is 11.6 Å². The topological polar surface area (TPSA) is 54.4 Å². The van der Waals surface area contributed by atoms with Gasteiger partial charge in [0.05, 0.1) is 6.61 Å². The van der Waals surface area contributed by atoms with Gasteiger partial charge in [-0.1, -0.05) is 6.92 Å². The molecular formula is C13H22ClN5O. The molecule has 0 aromatic carbocycles. The van der Waals surface area contributed by atoms with E-state index in [0.717, 1.165) is 32.6 Å². The highest BCUT2D eigenvalue weighted by atomic mass is 35.5. The maximum absolute atomic E-state index is 5.95. The third kappa shape index (κ3) is 3.93. The average molecular weight is 300 g/mol.